The van der Waals surface area contributed by atoms with Crippen molar-refractivity contribution < 1.29 is 9.60 Å². The van der Waals surface area contributed by atoms with Crippen molar-refractivity contribution in [2.45, 2.75) is 17.8 Å². The van der Waals surface area contributed by atoms with E-state index in [4.69, 9.17) is 10.9 Å². The highest BCUT2D eigenvalue weighted by molar-refractivity contribution is 7.98. The fourth-order valence-electron chi connectivity index (χ4n) is 1.54. The molecule has 0 saturated heterocycles. The van der Waals surface area contributed by atoms with E-state index in [1.54, 1.807) is 24.5 Å². The van der Waals surface area contributed by atoms with Crippen molar-refractivity contribution in [3.63, 3.8) is 0 Å². The molecule has 0 unspecified atom stereocenters. The monoisotopic (exact) mass is 292 g/mol. The average molecular weight is 292 g/mol. The Labute approximate surface area is 119 Å². The number of hydrogen-bond donors (Lipinski definition) is 2. The summed E-state index contributed by atoms with van der Waals surface area (Å²) >= 11 is 1.32. The molecule has 20 heavy (non-hydrogen) atoms. The van der Waals surface area contributed by atoms with E-state index in [1.165, 1.54) is 17.8 Å². The van der Waals surface area contributed by atoms with Crippen LogP contribution in [0.5, 0.6) is 0 Å². The molecular formula is C13H13FN4OS. The van der Waals surface area contributed by atoms with E-state index in [9.17, 15) is 4.39 Å². The van der Waals surface area contributed by atoms with Gasteiger partial charge in [-0.1, -0.05) is 29.1 Å². The van der Waals surface area contributed by atoms with Crippen LogP contribution in [0.1, 0.15) is 16.7 Å². The molecule has 7 heteroatoms. The number of hydrogen-bond acceptors (Lipinski definition) is 5. The molecule has 1 heterocycles. The van der Waals surface area contributed by atoms with E-state index in [-0.39, 0.29) is 11.4 Å². The molecule has 0 saturated carbocycles. The second-order valence-corrected chi connectivity index (χ2v) is 5.04. The summed E-state index contributed by atoms with van der Waals surface area (Å²) in [5, 5.41) is 12.0. The Hall–Kier alpha value is -2.15. The number of benzene rings is 1. The van der Waals surface area contributed by atoms with Crippen LogP contribution in [0.4, 0.5) is 4.39 Å². The lowest BCUT2D eigenvalue weighted by atomic mass is 10.1. The first-order valence-corrected chi connectivity index (χ1v) is 6.77. The lowest BCUT2D eigenvalue weighted by molar-refractivity contribution is 0.318. The molecule has 0 aliphatic heterocycles. The van der Waals surface area contributed by atoms with Gasteiger partial charge in [-0.15, -0.1) is 0 Å². The third kappa shape index (κ3) is 3.24. The number of thioether (sulfide) groups is 1. The van der Waals surface area contributed by atoms with E-state index in [0.29, 0.717) is 16.5 Å². The van der Waals surface area contributed by atoms with Crippen LogP contribution >= 0.6 is 11.8 Å². The molecule has 0 radical (unpaired) electrons. The van der Waals surface area contributed by atoms with Crippen molar-refractivity contribution in [1.29, 1.82) is 0 Å². The van der Waals surface area contributed by atoms with E-state index < -0.39 is 5.82 Å². The number of aryl methyl sites for hydroxylation is 1. The molecule has 1 aromatic carbocycles. The predicted molar refractivity (Wildman–Crippen MR) is 75.2 cm³/mol. The van der Waals surface area contributed by atoms with Gasteiger partial charge in [0.2, 0.25) is 0 Å². The van der Waals surface area contributed by atoms with Crippen LogP contribution in [0.2, 0.25) is 0 Å². The molecule has 2 aromatic rings. The van der Waals surface area contributed by atoms with Gasteiger partial charge in [0, 0.05) is 18.1 Å². The van der Waals surface area contributed by atoms with E-state index in [1.807, 2.05) is 6.92 Å². The average Bonchev–Trinajstić information content (AvgIpc) is 2.47. The highest BCUT2D eigenvalue weighted by Crippen LogP contribution is 2.22. The maximum absolute atomic E-state index is 14.2. The first-order valence-electron chi connectivity index (χ1n) is 5.78. The van der Waals surface area contributed by atoms with Crippen LogP contribution in [0.15, 0.2) is 40.9 Å². The molecular weight excluding hydrogens is 279 g/mol. The minimum atomic E-state index is -0.498. The van der Waals surface area contributed by atoms with Crippen LogP contribution in [0, 0.1) is 12.7 Å². The normalized spacial score (nSPS) is 11.6. The summed E-state index contributed by atoms with van der Waals surface area (Å²) in [4.78, 5) is 8.28. The summed E-state index contributed by atoms with van der Waals surface area (Å²) < 4.78 is 14.2. The molecule has 0 atom stereocenters. The zero-order valence-electron chi connectivity index (χ0n) is 10.7. The fraction of sp³-hybridized carbons (Fsp3) is 0.154. The van der Waals surface area contributed by atoms with E-state index >= 15 is 0 Å². The first kappa shape index (κ1) is 14.3. The largest absolute Gasteiger partial charge is 0.409 e. The molecule has 0 fully saturated rings. The zero-order valence-corrected chi connectivity index (χ0v) is 11.6. The Morgan fingerprint density at radius 3 is 2.75 bits per heavy atom. The molecule has 0 aliphatic rings. The maximum Gasteiger partial charge on any atom is 0.187 e. The van der Waals surface area contributed by atoms with Crippen molar-refractivity contribution in [3.05, 3.63) is 53.1 Å². The van der Waals surface area contributed by atoms with Gasteiger partial charge in [-0.25, -0.2) is 14.4 Å². The second-order valence-electron chi connectivity index (χ2n) is 4.10. The number of halogens is 1. The highest BCUT2D eigenvalue weighted by Gasteiger charge is 2.12. The van der Waals surface area contributed by atoms with Gasteiger partial charge in [-0.05, 0) is 24.1 Å². The maximum atomic E-state index is 14.2. The lowest BCUT2D eigenvalue weighted by Gasteiger charge is -2.06. The molecule has 1 aromatic heterocycles. The standard InChI is InChI=1S/C13H13FN4OS/c1-8-5-16-13(17-6-8)20-7-9-3-2-4-10(11(9)14)12(15)18-19/h2-6,19H,7H2,1H3,(H2,15,18). The van der Waals surface area contributed by atoms with Gasteiger partial charge in [-0.2, -0.15) is 0 Å². The van der Waals surface area contributed by atoms with E-state index in [2.05, 4.69) is 15.1 Å². The highest BCUT2D eigenvalue weighted by atomic mass is 32.2. The molecule has 3 N–H and O–H groups in total. The number of rotatable bonds is 4. The van der Waals surface area contributed by atoms with Crippen LogP contribution in [0.3, 0.4) is 0 Å². The molecule has 5 nitrogen and oxygen atoms in total. The number of aromatic nitrogens is 2. The number of oxime groups is 1. The van der Waals surface area contributed by atoms with Crippen LogP contribution in [-0.2, 0) is 5.75 Å². The summed E-state index contributed by atoms with van der Waals surface area (Å²) in [6, 6.07) is 4.76. The Balaban J connectivity index is 2.16. The molecule has 0 aliphatic carbocycles. The van der Waals surface area contributed by atoms with E-state index in [0.717, 1.165) is 5.56 Å². The topological polar surface area (TPSA) is 84.4 Å². The lowest BCUT2D eigenvalue weighted by Crippen LogP contribution is -2.15. The Kier molecular flexibility index (Phi) is 4.52. The summed E-state index contributed by atoms with van der Waals surface area (Å²) in [6.07, 6.45) is 3.41. The minimum absolute atomic E-state index is 0.0791. The quantitative estimate of drug-likeness (QED) is 0.226. The number of amidine groups is 1. The summed E-state index contributed by atoms with van der Waals surface area (Å²) in [5.74, 6) is -0.384. The number of nitrogens with zero attached hydrogens (tertiary/aromatic N) is 3. The molecule has 0 bridgehead atoms. The van der Waals surface area contributed by atoms with Crippen molar-refractivity contribution in [3.8, 4) is 0 Å². The van der Waals surface area contributed by atoms with Crippen LogP contribution in [0.25, 0.3) is 0 Å². The SMILES string of the molecule is Cc1cnc(SCc2cccc(/C(N)=N/O)c2F)nc1. The van der Waals surface area contributed by atoms with Crippen molar-refractivity contribution in [2.24, 2.45) is 10.9 Å². The summed E-state index contributed by atoms with van der Waals surface area (Å²) in [7, 11) is 0. The third-order valence-corrected chi connectivity index (χ3v) is 3.50. The van der Waals surface area contributed by atoms with Crippen molar-refractivity contribution in [2.75, 3.05) is 0 Å². The van der Waals surface area contributed by atoms with Gasteiger partial charge in [0.15, 0.2) is 11.0 Å². The summed E-state index contributed by atoms with van der Waals surface area (Å²) in [5.41, 5.74) is 6.91. The van der Waals surface area contributed by atoms with Gasteiger partial charge >= 0.3 is 0 Å². The molecule has 2 rings (SSSR count). The van der Waals surface area contributed by atoms with Crippen molar-refractivity contribution in [1.82, 2.24) is 9.97 Å². The van der Waals surface area contributed by atoms with Crippen molar-refractivity contribution >= 4 is 17.6 Å². The minimum Gasteiger partial charge on any atom is -0.409 e. The van der Waals surface area contributed by atoms with Crippen LogP contribution in [-0.4, -0.2) is 21.0 Å². The number of nitrogens with two attached hydrogens (primary N) is 1. The van der Waals surface area contributed by atoms with Crippen LogP contribution < -0.4 is 5.73 Å². The smallest absolute Gasteiger partial charge is 0.187 e. The zero-order chi connectivity index (χ0) is 14.5. The van der Waals surface area contributed by atoms with Gasteiger partial charge < -0.3 is 10.9 Å². The second kappa shape index (κ2) is 6.33. The van der Waals surface area contributed by atoms with Gasteiger partial charge in [0.1, 0.15) is 5.82 Å². The van der Waals surface area contributed by atoms with Gasteiger partial charge in [0.05, 0.1) is 5.56 Å². The Morgan fingerprint density at radius 2 is 2.10 bits per heavy atom. The van der Waals surface area contributed by atoms with Gasteiger partial charge in [0.25, 0.3) is 0 Å². The molecule has 0 amide bonds. The summed E-state index contributed by atoms with van der Waals surface area (Å²) in [6.45, 7) is 1.90. The first-order chi connectivity index (χ1) is 9.61. The molecule has 0 spiro atoms. The van der Waals surface area contributed by atoms with Gasteiger partial charge in [-0.3, -0.25) is 0 Å². The predicted octanol–water partition coefficient (Wildman–Crippen LogP) is 2.31. The Morgan fingerprint density at radius 1 is 1.40 bits per heavy atom. The third-order valence-electron chi connectivity index (χ3n) is 2.58. The fourth-order valence-corrected chi connectivity index (χ4v) is 2.30. The Bertz CT molecular complexity index is 631. The molecule has 104 valence electrons.